The van der Waals surface area contributed by atoms with Gasteiger partial charge in [0.25, 0.3) is 5.91 Å². The van der Waals surface area contributed by atoms with Crippen LogP contribution in [0.5, 0.6) is 11.5 Å². The minimum Gasteiger partial charge on any atom is -0.497 e. The second kappa shape index (κ2) is 8.48. The average Bonchev–Trinajstić information content (AvgIpc) is 3.17. The number of halogens is 3. The van der Waals surface area contributed by atoms with Gasteiger partial charge in [-0.1, -0.05) is 6.07 Å². The van der Waals surface area contributed by atoms with Crippen molar-refractivity contribution in [1.82, 2.24) is 9.78 Å². The standard InChI is InChI=1S/C21H20F3N3O3/c1-4-27-18(16-9-8-15(29-2)11-19(16)30-3)12-17(26-27)20(28)25-14-7-5-6-13(10-14)21(22,23)24/h5-12H,4H2,1-3H3,(H,25,28). The van der Waals surface area contributed by atoms with Gasteiger partial charge in [0.2, 0.25) is 0 Å². The second-order valence-corrected chi connectivity index (χ2v) is 6.33. The van der Waals surface area contributed by atoms with E-state index in [1.807, 2.05) is 6.92 Å². The molecule has 1 amide bonds. The van der Waals surface area contributed by atoms with Gasteiger partial charge in [0.1, 0.15) is 11.5 Å². The smallest absolute Gasteiger partial charge is 0.416 e. The summed E-state index contributed by atoms with van der Waals surface area (Å²) in [5, 5.41) is 6.75. The molecular weight excluding hydrogens is 399 g/mol. The van der Waals surface area contributed by atoms with Crippen molar-refractivity contribution in [2.45, 2.75) is 19.6 Å². The molecule has 1 aromatic heterocycles. The van der Waals surface area contributed by atoms with Crippen molar-refractivity contribution in [2.75, 3.05) is 19.5 Å². The van der Waals surface area contributed by atoms with Crippen molar-refractivity contribution in [3.05, 3.63) is 59.8 Å². The van der Waals surface area contributed by atoms with Crippen LogP contribution in [0.25, 0.3) is 11.3 Å². The number of anilines is 1. The quantitative estimate of drug-likeness (QED) is 0.620. The van der Waals surface area contributed by atoms with E-state index in [0.717, 1.165) is 12.1 Å². The van der Waals surface area contributed by atoms with E-state index in [4.69, 9.17) is 9.47 Å². The number of hydrogen-bond donors (Lipinski definition) is 1. The van der Waals surface area contributed by atoms with Crippen molar-refractivity contribution in [1.29, 1.82) is 0 Å². The van der Waals surface area contributed by atoms with Gasteiger partial charge in [0.15, 0.2) is 5.69 Å². The van der Waals surface area contributed by atoms with Crippen molar-refractivity contribution >= 4 is 11.6 Å². The minimum absolute atomic E-state index is 0.0319. The topological polar surface area (TPSA) is 65.4 Å². The molecule has 0 spiro atoms. The number of aromatic nitrogens is 2. The summed E-state index contributed by atoms with van der Waals surface area (Å²) in [4.78, 5) is 12.6. The Morgan fingerprint density at radius 2 is 1.87 bits per heavy atom. The molecule has 0 saturated carbocycles. The Hall–Kier alpha value is -3.49. The summed E-state index contributed by atoms with van der Waals surface area (Å²) in [6.07, 6.45) is -4.50. The van der Waals surface area contributed by atoms with E-state index in [1.54, 1.807) is 36.1 Å². The third kappa shape index (κ3) is 4.40. The Morgan fingerprint density at radius 1 is 1.10 bits per heavy atom. The highest BCUT2D eigenvalue weighted by atomic mass is 19.4. The number of rotatable bonds is 6. The van der Waals surface area contributed by atoms with Crippen LogP contribution in [0.2, 0.25) is 0 Å². The van der Waals surface area contributed by atoms with Crippen molar-refractivity contribution < 1.29 is 27.4 Å². The molecule has 2 aromatic carbocycles. The molecule has 0 aliphatic carbocycles. The first-order chi connectivity index (χ1) is 14.3. The average molecular weight is 419 g/mol. The Balaban J connectivity index is 1.92. The lowest BCUT2D eigenvalue weighted by molar-refractivity contribution is -0.137. The van der Waals surface area contributed by atoms with Gasteiger partial charge >= 0.3 is 6.18 Å². The lowest BCUT2D eigenvalue weighted by Crippen LogP contribution is -2.14. The van der Waals surface area contributed by atoms with Gasteiger partial charge in [0, 0.05) is 23.9 Å². The highest BCUT2D eigenvalue weighted by Crippen LogP contribution is 2.34. The van der Waals surface area contributed by atoms with E-state index >= 15 is 0 Å². The molecule has 0 aliphatic rings. The van der Waals surface area contributed by atoms with Crippen LogP contribution in [-0.2, 0) is 12.7 Å². The summed E-state index contributed by atoms with van der Waals surface area (Å²) < 4.78 is 50.9. The fraction of sp³-hybridized carbons (Fsp3) is 0.238. The molecule has 0 fully saturated rings. The lowest BCUT2D eigenvalue weighted by Gasteiger charge is -2.11. The molecule has 0 bridgehead atoms. The van der Waals surface area contributed by atoms with Gasteiger partial charge in [0.05, 0.1) is 25.5 Å². The zero-order chi connectivity index (χ0) is 21.9. The third-order valence-corrected chi connectivity index (χ3v) is 4.44. The van der Waals surface area contributed by atoms with Gasteiger partial charge in [-0.15, -0.1) is 0 Å². The van der Waals surface area contributed by atoms with Crippen LogP contribution in [0.4, 0.5) is 18.9 Å². The van der Waals surface area contributed by atoms with Gasteiger partial charge < -0.3 is 14.8 Å². The molecule has 0 radical (unpaired) electrons. The SMILES string of the molecule is CCn1nc(C(=O)Nc2cccc(C(F)(F)F)c2)cc1-c1ccc(OC)cc1OC. The first-order valence-corrected chi connectivity index (χ1v) is 9.05. The van der Waals surface area contributed by atoms with Crippen LogP contribution in [0, 0.1) is 0 Å². The molecular formula is C21H20F3N3O3. The largest absolute Gasteiger partial charge is 0.497 e. The van der Waals surface area contributed by atoms with Gasteiger partial charge in [-0.2, -0.15) is 18.3 Å². The Kier molecular flexibility index (Phi) is 6.00. The van der Waals surface area contributed by atoms with Gasteiger partial charge in [-0.05, 0) is 43.3 Å². The van der Waals surface area contributed by atoms with Crippen LogP contribution in [0.15, 0.2) is 48.5 Å². The number of carbonyl (C=O) groups excluding carboxylic acids is 1. The van der Waals surface area contributed by atoms with Gasteiger partial charge in [-0.3, -0.25) is 9.48 Å². The Morgan fingerprint density at radius 3 is 2.50 bits per heavy atom. The number of amides is 1. The van der Waals surface area contributed by atoms with E-state index < -0.39 is 17.6 Å². The molecule has 3 rings (SSSR count). The molecule has 6 nitrogen and oxygen atoms in total. The van der Waals surface area contributed by atoms with Crippen LogP contribution in [0.1, 0.15) is 23.0 Å². The maximum Gasteiger partial charge on any atom is 0.416 e. The molecule has 0 unspecified atom stereocenters. The van der Waals surface area contributed by atoms with E-state index in [1.165, 1.54) is 19.2 Å². The number of carbonyl (C=O) groups is 1. The monoisotopic (exact) mass is 419 g/mol. The summed E-state index contributed by atoms with van der Waals surface area (Å²) in [7, 11) is 3.06. The first kappa shape index (κ1) is 21.2. The first-order valence-electron chi connectivity index (χ1n) is 9.05. The molecule has 0 atom stereocenters. The summed E-state index contributed by atoms with van der Waals surface area (Å²) in [5.74, 6) is 0.532. The van der Waals surface area contributed by atoms with Crippen molar-refractivity contribution in [2.24, 2.45) is 0 Å². The highest BCUT2D eigenvalue weighted by molar-refractivity contribution is 6.03. The zero-order valence-corrected chi connectivity index (χ0v) is 16.6. The van der Waals surface area contributed by atoms with Crippen LogP contribution in [0.3, 0.4) is 0 Å². The van der Waals surface area contributed by atoms with Crippen LogP contribution < -0.4 is 14.8 Å². The molecule has 30 heavy (non-hydrogen) atoms. The molecule has 3 aromatic rings. The zero-order valence-electron chi connectivity index (χ0n) is 16.6. The number of nitrogens with zero attached hydrogens (tertiary/aromatic N) is 2. The number of hydrogen-bond acceptors (Lipinski definition) is 4. The lowest BCUT2D eigenvalue weighted by atomic mass is 10.1. The predicted octanol–water partition coefficient (Wildman–Crippen LogP) is 4.86. The molecule has 1 N–H and O–H groups in total. The van der Waals surface area contributed by atoms with Crippen molar-refractivity contribution in [3.8, 4) is 22.8 Å². The van der Waals surface area contributed by atoms with E-state index in [0.29, 0.717) is 29.3 Å². The summed E-state index contributed by atoms with van der Waals surface area (Å²) in [5.41, 5.74) is 0.589. The predicted molar refractivity (Wildman–Crippen MR) is 106 cm³/mol. The van der Waals surface area contributed by atoms with Gasteiger partial charge in [-0.25, -0.2) is 0 Å². The summed E-state index contributed by atoms with van der Waals surface area (Å²) in [6.45, 7) is 2.34. The normalized spacial score (nSPS) is 11.3. The fourth-order valence-electron chi connectivity index (χ4n) is 2.96. The van der Waals surface area contributed by atoms with Crippen LogP contribution in [-0.4, -0.2) is 29.9 Å². The Bertz CT molecular complexity index is 1060. The van der Waals surface area contributed by atoms with E-state index in [-0.39, 0.29) is 11.4 Å². The maximum atomic E-state index is 12.9. The molecule has 1 heterocycles. The number of ether oxygens (including phenoxy) is 2. The highest BCUT2D eigenvalue weighted by Gasteiger charge is 2.30. The number of aryl methyl sites for hydroxylation is 1. The molecule has 0 aliphatic heterocycles. The van der Waals surface area contributed by atoms with E-state index in [2.05, 4.69) is 10.4 Å². The minimum atomic E-state index is -4.50. The maximum absolute atomic E-state index is 12.9. The summed E-state index contributed by atoms with van der Waals surface area (Å²) in [6, 6.07) is 11.3. The number of benzene rings is 2. The number of alkyl halides is 3. The Labute approximate surface area is 171 Å². The summed E-state index contributed by atoms with van der Waals surface area (Å²) >= 11 is 0. The van der Waals surface area contributed by atoms with Crippen LogP contribution >= 0.6 is 0 Å². The third-order valence-electron chi connectivity index (χ3n) is 4.44. The van der Waals surface area contributed by atoms with Crippen molar-refractivity contribution in [3.63, 3.8) is 0 Å². The molecule has 158 valence electrons. The van der Waals surface area contributed by atoms with E-state index in [9.17, 15) is 18.0 Å². The number of methoxy groups -OCH3 is 2. The molecule has 0 saturated heterocycles. The fourth-order valence-corrected chi connectivity index (χ4v) is 2.96. The molecule has 9 heteroatoms. The number of nitrogens with one attached hydrogen (secondary N) is 1. The second-order valence-electron chi connectivity index (χ2n) is 6.33.